The molecule has 0 saturated carbocycles. The highest BCUT2D eigenvalue weighted by atomic mass is 32.2. The van der Waals surface area contributed by atoms with Gasteiger partial charge in [-0.05, 0) is 12.1 Å². The summed E-state index contributed by atoms with van der Waals surface area (Å²) in [5.74, 6) is -3.75. The van der Waals surface area contributed by atoms with Crippen LogP contribution in [-0.4, -0.2) is 81.8 Å². The Labute approximate surface area is 205 Å². The Morgan fingerprint density at radius 1 is 1.33 bits per heavy atom. The number of primary amides is 1. The first-order chi connectivity index (χ1) is 17.0. The summed E-state index contributed by atoms with van der Waals surface area (Å²) < 4.78 is 32.7. The summed E-state index contributed by atoms with van der Waals surface area (Å²) >= 11 is 0. The van der Waals surface area contributed by atoms with Gasteiger partial charge in [-0.1, -0.05) is 5.16 Å². The first-order valence-corrected chi connectivity index (χ1v) is 11.6. The fourth-order valence-electron chi connectivity index (χ4n) is 3.49. The maximum absolute atomic E-state index is 13.0. The van der Waals surface area contributed by atoms with E-state index in [1.807, 2.05) is 0 Å². The molecule has 1 aromatic rings. The number of esters is 2. The average molecular weight is 526 g/mol. The van der Waals surface area contributed by atoms with Gasteiger partial charge in [0.25, 0.3) is 11.8 Å². The standard InChI is InChI=1S/C20H22N4O11S/c1-9(25)34-10(2)35-19(28)15-11(7-33-20(21)29)8-36(30)18-14(17(27)24(15)18)22-16(26)13(23-31-3)12-5-4-6-32-12/h4-6,10,14,18H,7-8H2,1-3H3,(H2,21,29)(H,22,26)/b23-13-/t10?,14-,18-,36?/m0/s1. The van der Waals surface area contributed by atoms with E-state index < -0.39 is 65.0 Å². The predicted molar refractivity (Wildman–Crippen MR) is 118 cm³/mol. The van der Waals surface area contributed by atoms with E-state index in [1.54, 1.807) is 0 Å². The van der Waals surface area contributed by atoms with Crippen LogP contribution < -0.4 is 11.1 Å². The molecule has 16 heteroatoms. The second-order valence-electron chi connectivity index (χ2n) is 7.32. The minimum Gasteiger partial charge on any atom is -0.462 e. The van der Waals surface area contributed by atoms with E-state index in [1.165, 1.54) is 32.4 Å². The molecule has 0 spiro atoms. The third kappa shape index (κ3) is 5.54. The second kappa shape index (κ2) is 11.0. The third-order valence-electron chi connectivity index (χ3n) is 4.83. The zero-order chi connectivity index (χ0) is 26.6. The number of amides is 3. The fourth-order valence-corrected chi connectivity index (χ4v) is 5.15. The summed E-state index contributed by atoms with van der Waals surface area (Å²) in [6.07, 6.45) is -1.19. The molecular formula is C20H22N4O11S. The Kier molecular flexibility index (Phi) is 8.08. The molecule has 3 heterocycles. The SMILES string of the molecule is CO/N=C(\C(=O)N[C@H]1C(=O)N2C(C(=O)OC(C)OC(C)=O)=C(COC(N)=O)CS(=O)[C@@H]12)c1ccco1. The molecule has 15 nitrogen and oxygen atoms in total. The molecule has 2 aliphatic rings. The first kappa shape index (κ1) is 26.4. The summed E-state index contributed by atoms with van der Waals surface area (Å²) in [6.45, 7) is 1.82. The number of hydrogen-bond donors (Lipinski definition) is 2. The Morgan fingerprint density at radius 3 is 2.64 bits per heavy atom. The van der Waals surface area contributed by atoms with Gasteiger partial charge in [-0.25, -0.2) is 9.59 Å². The van der Waals surface area contributed by atoms with Crippen molar-refractivity contribution in [2.75, 3.05) is 19.5 Å². The summed E-state index contributed by atoms with van der Waals surface area (Å²) in [4.78, 5) is 66.5. The van der Waals surface area contributed by atoms with Crippen molar-refractivity contribution in [1.29, 1.82) is 0 Å². The molecular weight excluding hydrogens is 504 g/mol. The molecule has 2 aliphatic heterocycles. The van der Waals surface area contributed by atoms with E-state index in [0.717, 1.165) is 11.8 Å². The van der Waals surface area contributed by atoms with Gasteiger partial charge < -0.3 is 34.5 Å². The maximum Gasteiger partial charge on any atom is 0.404 e. The third-order valence-corrected chi connectivity index (χ3v) is 6.49. The van der Waals surface area contributed by atoms with E-state index in [2.05, 4.69) is 15.3 Å². The Hall–Kier alpha value is -4.21. The largest absolute Gasteiger partial charge is 0.462 e. The van der Waals surface area contributed by atoms with Crippen LogP contribution in [0.2, 0.25) is 0 Å². The topological polar surface area (TPSA) is 206 Å². The van der Waals surface area contributed by atoms with Gasteiger partial charge in [0.15, 0.2) is 5.76 Å². The summed E-state index contributed by atoms with van der Waals surface area (Å²) in [7, 11) is -0.634. The van der Waals surface area contributed by atoms with Crippen LogP contribution in [0.5, 0.6) is 0 Å². The molecule has 3 N–H and O–H groups in total. The van der Waals surface area contributed by atoms with Crippen molar-refractivity contribution in [3.8, 4) is 0 Å². The van der Waals surface area contributed by atoms with Gasteiger partial charge in [-0.3, -0.25) is 23.5 Å². The van der Waals surface area contributed by atoms with E-state index in [9.17, 15) is 28.2 Å². The monoisotopic (exact) mass is 526 g/mol. The number of rotatable bonds is 9. The number of carbonyl (C=O) groups excluding carboxylic acids is 5. The van der Waals surface area contributed by atoms with Gasteiger partial charge in [-0.15, -0.1) is 0 Å². The summed E-state index contributed by atoms with van der Waals surface area (Å²) in [5.41, 5.74) is 4.32. The molecule has 194 valence electrons. The summed E-state index contributed by atoms with van der Waals surface area (Å²) in [5, 5.41) is 4.86. The molecule has 0 bridgehead atoms. The van der Waals surface area contributed by atoms with Crippen molar-refractivity contribution in [2.45, 2.75) is 31.6 Å². The summed E-state index contributed by atoms with van der Waals surface area (Å²) in [6, 6.07) is 1.65. The van der Waals surface area contributed by atoms with Gasteiger partial charge in [0.05, 0.1) is 22.8 Å². The van der Waals surface area contributed by atoms with Gasteiger partial charge in [-0.2, -0.15) is 0 Å². The van der Waals surface area contributed by atoms with Crippen molar-refractivity contribution in [2.24, 2.45) is 10.9 Å². The highest BCUT2D eigenvalue weighted by molar-refractivity contribution is 7.86. The molecule has 0 aromatic carbocycles. The number of ether oxygens (including phenoxy) is 3. The first-order valence-electron chi connectivity index (χ1n) is 10.2. The molecule has 1 saturated heterocycles. The average Bonchev–Trinajstić information content (AvgIpc) is 3.32. The molecule has 1 fully saturated rings. The number of nitrogens with two attached hydrogens (primary N) is 1. The number of hydrogen-bond acceptors (Lipinski definition) is 12. The normalized spacial score (nSPS) is 22.1. The minimum atomic E-state index is -1.84. The number of nitrogens with zero attached hydrogens (tertiary/aromatic N) is 2. The number of carbonyl (C=O) groups is 5. The lowest BCUT2D eigenvalue weighted by Gasteiger charge is -2.49. The van der Waals surface area contributed by atoms with Crippen LogP contribution in [0.1, 0.15) is 19.6 Å². The van der Waals surface area contributed by atoms with Crippen LogP contribution in [0.15, 0.2) is 39.2 Å². The van der Waals surface area contributed by atoms with Crippen LogP contribution in [0.25, 0.3) is 0 Å². The molecule has 3 rings (SSSR count). The van der Waals surface area contributed by atoms with Crippen molar-refractivity contribution in [3.63, 3.8) is 0 Å². The Balaban J connectivity index is 1.87. The molecule has 1 aromatic heterocycles. The quantitative estimate of drug-likeness (QED) is 0.129. The number of nitrogens with one attached hydrogen (secondary N) is 1. The zero-order valence-corrected chi connectivity index (χ0v) is 20.1. The molecule has 0 radical (unpaired) electrons. The minimum absolute atomic E-state index is 0.0150. The lowest BCUT2D eigenvalue weighted by atomic mass is 10.0. The van der Waals surface area contributed by atoms with Crippen LogP contribution in [0, 0.1) is 0 Å². The lowest BCUT2D eigenvalue weighted by Crippen LogP contribution is -2.74. The van der Waals surface area contributed by atoms with E-state index in [-0.39, 0.29) is 28.5 Å². The molecule has 3 amide bonds. The second-order valence-corrected chi connectivity index (χ2v) is 8.85. The lowest BCUT2D eigenvalue weighted by molar-refractivity contribution is -0.182. The van der Waals surface area contributed by atoms with E-state index in [0.29, 0.717) is 0 Å². The van der Waals surface area contributed by atoms with Crippen LogP contribution >= 0.6 is 0 Å². The van der Waals surface area contributed by atoms with Crippen LogP contribution in [0.4, 0.5) is 4.79 Å². The van der Waals surface area contributed by atoms with Crippen molar-refractivity contribution < 1.29 is 51.6 Å². The van der Waals surface area contributed by atoms with E-state index >= 15 is 0 Å². The smallest absolute Gasteiger partial charge is 0.404 e. The van der Waals surface area contributed by atoms with Crippen LogP contribution in [-0.2, 0) is 49.0 Å². The van der Waals surface area contributed by atoms with Crippen LogP contribution in [0.3, 0.4) is 0 Å². The molecule has 36 heavy (non-hydrogen) atoms. The number of β-lactam (4-membered cyclic amide) rings is 1. The molecule has 0 aliphatic carbocycles. The molecule has 4 atom stereocenters. The highest BCUT2D eigenvalue weighted by Crippen LogP contribution is 2.35. The van der Waals surface area contributed by atoms with Gasteiger partial charge in [0, 0.05) is 19.4 Å². The van der Waals surface area contributed by atoms with Crippen molar-refractivity contribution in [1.82, 2.24) is 10.2 Å². The maximum atomic E-state index is 13.0. The Bertz CT molecular complexity index is 1160. The molecule has 2 unspecified atom stereocenters. The number of oxime groups is 1. The predicted octanol–water partition coefficient (Wildman–Crippen LogP) is -1.15. The number of furan rings is 1. The van der Waals surface area contributed by atoms with Gasteiger partial charge in [0.1, 0.15) is 30.8 Å². The Morgan fingerprint density at radius 2 is 2.06 bits per heavy atom. The van der Waals surface area contributed by atoms with Gasteiger partial charge in [0.2, 0.25) is 12.0 Å². The van der Waals surface area contributed by atoms with Gasteiger partial charge >= 0.3 is 18.0 Å². The highest BCUT2D eigenvalue weighted by Gasteiger charge is 2.58. The van der Waals surface area contributed by atoms with Crippen molar-refractivity contribution in [3.05, 3.63) is 35.4 Å². The fraction of sp³-hybridized carbons (Fsp3) is 0.400. The number of fused-ring (bicyclic) bond motifs is 1. The van der Waals surface area contributed by atoms with Crippen molar-refractivity contribution >= 4 is 46.4 Å². The zero-order valence-electron chi connectivity index (χ0n) is 19.2. The van der Waals surface area contributed by atoms with E-state index in [4.69, 9.17) is 24.4 Å².